The van der Waals surface area contributed by atoms with E-state index < -0.39 is 0 Å². The quantitative estimate of drug-likeness (QED) is 0.831. The first-order valence-corrected chi connectivity index (χ1v) is 7.45. The lowest BCUT2D eigenvalue weighted by molar-refractivity contribution is -0.133. The Morgan fingerprint density at radius 3 is 2.95 bits per heavy atom. The van der Waals surface area contributed by atoms with Crippen LogP contribution in [-0.4, -0.2) is 43.7 Å². The van der Waals surface area contributed by atoms with E-state index in [4.69, 9.17) is 15.2 Å². The Morgan fingerprint density at radius 2 is 2.32 bits per heavy atom. The van der Waals surface area contributed by atoms with Gasteiger partial charge in [-0.3, -0.25) is 4.79 Å². The van der Waals surface area contributed by atoms with Gasteiger partial charge >= 0.3 is 0 Å². The number of hydrogen-bond acceptors (Lipinski definition) is 4. The zero-order valence-corrected chi connectivity index (χ0v) is 13.8. The fraction of sp³-hybridized carbons (Fsp3) is 0.562. The second-order valence-corrected chi connectivity index (χ2v) is 5.30. The number of halogens is 1. The lowest BCUT2D eigenvalue weighted by atomic mass is 10.1. The van der Waals surface area contributed by atoms with Gasteiger partial charge in [0.2, 0.25) is 5.91 Å². The minimum atomic E-state index is 0. The Bertz CT molecular complexity index is 464. The molecule has 0 saturated carbocycles. The summed E-state index contributed by atoms with van der Waals surface area (Å²) in [6, 6.07) is 7.79. The fourth-order valence-corrected chi connectivity index (χ4v) is 2.56. The van der Waals surface area contributed by atoms with Crippen molar-refractivity contribution >= 4 is 18.3 Å². The molecule has 1 aliphatic heterocycles. The topological polar surface area (TPSA) is 64.8 Å². The predicted molar refractivity (Wildman–Crippen MR) is 88.3 cm³/mol. The number of hydrogen-bond donors (Lipinski definition) is 1. The van der Waals surface area contributed by atoms with Crippen molar-refractivity contribution < 1.29 is 14.3 Å². The largest absolute Gasteiger partial charge is 0.497 e. The molecule has 0 radical (unpaired) electrons. The molecule has 0 bridgehead atoms. The predicted octanol–water partition coefficient (Wildman–Crippen LogP) is 1.97. The number of benzene rings is 1. The van der Waals surface area contributed by atoms with Crippen LogP contribution in [0.5, 0.6) is 5.75 Å². The molecule has 1 aliphatic rings. The van der Waals surface area contributed by atoms with E-state index in [2.05, 4.69) is 0 Å². The molecule has 124 valence electrons. The van der Waals surface area contributed by atoms with Crippen molar-refractivity contribution in [1.82, 2.24) is 4.90 Å². The second kappa shape index (κ2) is 9.66. The molecule has 1 amide bonds. The molecule has 6 heteroatoms. The summed E-state index contributed by atoms with van der Waals surface area (Å²) >= 11 is 0. The van der Waals surface area contributed by atoms with Crippen LogP contribution < -0.4 is 10.5 Å². The van der Waals surface area contributed by atoms with Crippen LogP contribution in [0, 0.1) is 0 Å². The highest BCUT2D eigenvalue weighted by molar-refractivity contribution is 5.85. The lowest BCUT2D eigenvalue weighted by Gasteiger charge is -2.25. The fourth-order valence-electron chi connectivity index (χ4n) is 2.56. The van der Waals surface area contributed by atoms with Gasteiger partial charge in [0, 0.05) is 32.7 Å². The molecule has 1 aromatic rings. The first-order chi connectivity index (χ1) is 10.2. The highest BCUT2D eigenvalue weighted by Crippen LogP contribution is 2.18. The van der Waals surface area contributed by atoms with E-state index in [1.807, 2.05) is 29.2 Å². The number of rotatable bonds is 7. The Morgan fingerprint density at radius 1 is 1.50 bits per heavy atom. The molecule has 1 atom stereocenters. The van der Waals surface area contributed by atoms with E-state index in [1.165, 1.54) is 0 Å². The number of nitrogens with zero attached hydrogens (tertiary/aromatic N) is 1. The van der Waals surface area contributed by atoms with Crippen molar-refractivity contribution in [2.45, 2.75) is 31.9 Å². The van der Waals surface area contributed by atoms with Crippen molar-refractivity contribution in [1.29, 1.82) is 0 Å². The summed E-state index contributed by atoms with van der Waals surface area (Å²) in [6.07, 6.45) is 2.61. The van der Waals surface area contributed by atoms with Crippen molar-refractivity contribution in [3.8, 4) is 5.75 Å². The van der Waals surface area contributed by atoms with Crippen LogP contribution in [-0.2, 0) is 16.1 Å². The molecule has 1 aromatic carbocycles. The Labute approximate surface area is 138 Å². The minimum absolute atomic E-state index is 0. The molecule has 1 unspecified atom stereocenters. The summed E-state index contributed by atoms with van der Waals surface area (Å²) in [6.45, 7) is 2.37. The van der Waals surface area contributed by atoms with Crippen LogP contribution in [0.25, 0.3) is 0 Å². The molecule has 2 N–H and O–H groups in total. The third-order valence-corrected chi connectivity index (χ3v) is 3.67. The SMILES string of the molecule is COc1cccc(CN(CC2CCCO2)C(=O)CCN)c1.Cl. The Kier molecular flexibility index (Phi) is 8.24. The molecule has 0 aliphatic carbocycles. The maximum Gasteiger partial charge on any atom is 0.224 e. The molecule has 1 fully saturated rings. The zero-order chi connectivity index (χ0) is 15.1. The van der Waals surface area contributed by atoms with Crippen molar-refractivity contribution in [2.24, 2.45) is 5.73 Å². The van der Waals surface area contributed by atoms with Gasteiger partial charge in [0.15, 0.2) is 0 Å². The summed E-state index contributed by atoms with van der Waals surface area (Å²) < 4.78 is 10.9. The first-order valence-electron chi connectivity index (χ1n) is 7.45. The van der Waals surface area contributed by atoms with Gasteiger partial charge in [-0.05, 0) is 30.5 Å². The number of carbonyl (C=O) groups excluding carboxylic acids is 1. The normalized spacial score (nSPS) is 16.9. The molecule has 0 aromatic heterocycles. The third-order valence-electron chi connectivity index (χ3n) is 3.67. The van der Waals surface area contributed by atoms with Crippen LogP contribution in [0.4, 0.5) is 0 Å². The summed E-state index contributed by atoms with van der Waals surface area (Å²) in [4.78, 5) is 14.1. The van der Waals surface area contributed by atoms with Gasteiger partial charge in [0.25, 0.3) is 0 Å². The molecule has 1 heterocycles. The highest BCUT2D eigenvalue weighted by Gasteiger charge is 2.22. The van der Waals surface area contributed by atoms with Gasteiger partial charge in [-0.25, -0.2) is 0 Å². The Balaban J connectivity index is 0.00000242. The van der Waals surface area contributed by atoms with Gasteiger partial charge in [0.05, 0.1) is 13.2 Å². The standard InChI is InChI=1S/C16H24N2O3.ClH/c1-20-14-5-2-4-13(10-14)11-18(16(19)7-8-17)12-15-6-3-9-21-15;/h2,4-5,10,15H,3,6-9,11-12,17H2,1H3;1H. The van der Waals surface area contributed by atoms with Crippen LogP contribution in [0.15, 0.2) is 24.3 Å². The highest BCUT2D eigenvalue weighted by atomic mass is 35.5. The van der Waals surface area contributed by atoms with Gasteiger partial charge in [-0.1, -0.05) is 12.1 Å². The summed E-state index contributed by atoms with van der Waals surface area (Å²) in [5.74, 6) is 0.881. The van der Waals surface area contributed by atoms with E-state index in [1.54, 1.807) is 7.11 Å². The molecule has 1 saturated heterocycles. The van der Waals surface area contributed by atoms with Crippen LogP contribution in [0.3, 0.4) is 0 Å². The van der Waals surface area contributed by atoms with Gasteiger partial charge in [0.1, 0.15) is 5.75 Å². The van der Waals surface area contributed by atoms with Crippen molar-refractivity contribution in [3.63, 3.8) is 0 Å². The van der Waals surface area contributed by atoms with Crippen LogP contribution in [0.1, 0.15) is 24.8 Å². The average Bonchev–Trinajstić information content (AvgIpc) is 3.00. The van der Waals surface area contributed by atoms with Crippen molar-refractivity contribution in [3.05, 3.63) is 29.8 Å². The average molecular weight is 329 g/mol. The summed E-state index contributed by atoms with van der Waals surface area (Å²) in [5, 5.41) is 0. The minimum Gasteiger partial charge on any atom is -0.497 e. The second-order valence-electron chi connectivity index (χ2n) is 5.30. The molecule has 22 heavy (non-hydrogen) atoms. The van der Waals surface area contributed by atoms with E-state index in [-0.39, 0.29) is 24.4 Å². The summed E-state index contributed by atoms with van der Waals surface area (Å²) in [5.41, 5.74) is 6.57. The van der Waals surface area contributed by atoms with Crippen molar-refractivity contribution in [2.75, 3.05) is 26.8 Å². The van der Waals surface area contributed by atoms with E-state index in [0.717, 1.165) is 30.8 Å². The Hall–Kier alpha value is -1.30. The zero-order valence-electron chi connectivity index (χ0n) is 13.0. The number of methoxy groups -OCH3 is 1. The molecular formula is C16H25ClN2O3. The van der Waals surface area contributed by atoms with Crippen LogP contribution in [0.2, 0.25) is 0 Å². The number of carbonyl (C=O) groups is 1. The van der Waals surface area contributed by atoms with E-state index in [9.17, 15) is 4.79 Å². The molecule has 5 nitrogen and oxygen atoms in total. The van der Waals surface area contributed by atoms with Gasteiger partial charge < -0.3 is 20.1 Å². The number of amides is 1. The van der Waals surface area contributed by atoms with Gasteiger partial charge in [-0.2, -0.15) is 0 Å². The van der Waals surface area contributed by atoms with Crippen LogP contribution >= 0.6 is 12.4 Å². The molecule has 0 spiro atoms. The first kappa shape index (κ1) is 18.7. The number of ether oxygens (including phenoxy) is 2. The molecular weight excluding hydrogens is 304 g/mol. The smallest absolute Gasteiger partial charge is 0.224 e. The lowest BCUT2D eigenvalue weighted by Crippen LogP contribution is -2.37. The summed E-state index contributed by atoms with van der Waals surface area (Å²) in [7, 11) is 1.64. The van der Waals surface area contributed by atoms with E-state index >= 15 is 0 Å². The monoisotopic (exact) mass is 328 g/mol. The van der Waals surface area contributed by atoms with E-state index in [0.29, 0.717) is 26.1 Å². The third kappa shape index (κ3) is 5.48. The maximum absolute atomic E-state index is 12.2. The maximum atomic E-state index is 12.2. The molecule has 2 rings (SSSR count). The number of nitrogens with two attached hydrogens (primary N) is 1. The van der Waals surface area contributed by atoms with Gasteiger partial charge in [-0.15, -0.1) is 12.4 Å².